The van der Waals surface area contributed by atoms with Crippen LogP contribution in [-0.2, 0) is 19.1 Å². The SMILES string of the molecule is CC(C)(C)C(=O)OC(C(=O)O)(C(=O)O)C(C)(C)C. The lowest BCUT2D eigenvalue weighted by Gasteiger charge is -2.37. The first-order valence-electron chi connectivity index (χ1n) is 5.47. The number of carboxylic acids is 2. The van der Waals surface area contributed by atoms with E-state index >= 15 is 0 Å². The molecule has 0 aliphatic rings. The van der Waals surface area contributed by atoms with Crippen LogP contribution in [0.3, 0.4) is 0 Å². The van der Waals surface area contributed by atoms with Crippen LogP contribution in [0.2, 0.25) is 0 Å². The molecule has 6 nitrogen and oxygen atoms in total. The number of hydrogen-bond acceptors (Lipinski definition) is 4. The number of ether oxygens (including phenoxy) is 1. The van der Waals surface area contributed by atoms with Crippen LogP contribution in [-0.4, -0.2) is 33.7 Å². The van der Waals surface area contributed by atoms with E-state index in [0.29, 0.717) is 0 Å². The summed E-state index contributed by atoms with van der Waals surface area (Å²) in [6.07, 6.45) is 0. The van der Waals surface area contributed by atoms with E-state index in [0.717, 1.165) is 0 Å². The highest BCUT2D eigenvalue weighted by Gasteiger charge is 2.60. The van der Waals surface area contributed by atoms with E-state index in [1.807, 2.05) is 0 Å². The fraction of sp³-hybridized carbons (Fsp3) is 0.750. The monoisotopic (exact) mass is 260 g/mol. The molecule has 0 spiro atoms. The molecule has 0 aliphatic carbocycles. The number of carboxylic acid groups (broad SMARTS) is 2. The third-order valence-electron chi connectivity index (χ3n) is 2.52. The van der Waals surface area contributed by atoms with E-state index in [-0.39, 0.29) is 0 Å². The zero-order valence-corrected chi connectivity index (χ0v) is 11.5. The Labute approximate surface area is 106 Å². The van der Waals surface area contributed by atoms with Crippen molar-refractivity contribution in [2.45, 2.75) is 47.1 Å². The lowest BCUT2D eigenvalue weighted by molar-refractivity contribution is -0.208. The van der Waals surface area contributed by atoms with Gasteiger partial charge in [0.25, 0.3) is 0 Å². The Balaban J connectivity index is 5.72. The van der Waals surface area contributed by atoms with Gasteiger partial charge in [-0.2, -0.15) is 0 Å². The topological polar surface area (TPSA) is 101 Å². The van der Waals surface area contributed by atoms with Crippen molar-refractivity contribution in [1.29, 1.82) is 0 Å². The van der Waals surface area contributed by atoms with Crippen LogP contribution in [0.1, 0.15) is 41.5 Å². The van der Waals surface area contributed by atoms with Gasteiger partial charge in [-0.05, 0) is 20.8 Å². The average molecular weight is 260 g/mol. The lowest BCUT2D eigenvalue weighted by atomic mass is 9.76. The molecule has 0 amide bonds. The molecule has 0 fully saturated rings. The Bertz CT molecular complexity index is 355. The maximum atomic E-state index is 11.8. The predicted molar refractivity (Wildman–Crippen MR) is 63.0 cm³/mol. The second-order valence-corrected chi connectivity index (χ2v) is 6.18. The van der Waals surface area contributed by atoms with Crippen LogP contribution < -0.4 is 0 Å². The smallest absolute Gasteiger partial charge is 0.360 e. The van der Waals surface area contributed by atoms with E-state index in [1.54, 1.807) is 0 Å². The summed E-state index contributed by atoms with van der Waals surface area (Å²) in [5, 5.41) is 18.4. The number of rotatable bonds is 3. The van der Waals surface area contributed by atoms with Gasteiger partial charge in [-0.25, -0.2) is 9.59 Å². The molecule has 0 radical (unpaired) electrons. The molecule has 0 aliphatic heterocycles. The van der Waals surface area contributed by atoms with Gasteiger partial charge in [-0.1, -0.05) is 20.8 Å². The molecular formula is C12H20O6. The quantitative estimate of drug-likeness (QED) is 0.589. The molecule has 0 heterocycles. The Morgan fingerprint density at radius 3 is 1.33 bits per heavy atom. The van der Waals surface area contributed by atoms with Crippen LogP contribution in [0.25, 0.3) is 0 Å². The maximum absolute atomic E-state index is 11.8. The van der Waals surface area contributed by atoms with Gasteiger partial charge in [0.05, 0.1) is 5.41 Å². The van der Waals surface area contributed by atoms with E-state index in [4.69, 9.17) is 4.74 Å². The summed E-state index contributed by atoms with van der Waals surface area (Å²) in [5.74, 6) is -4.26. The summed E-state index contributed by atoms with van der Waals surface area (Å²) >= 11 is 0. The van der Waals surface area contributed by atoms with E-state index in [9.17, 15) is 24.6 Å². The molecule has 104 valence electrons. The van der Waals surface area contributed by atoms with Crippen LogP contribution in [0.4, 0.5) is 0 Å². The Morgan fingerprint density at radius 2 is 1.17 bits per heavy atom. The van der Waals surface area contributed by atoms with Gasteiger partial charge in [-0.3, -0.25) is 4.79 Å². The second kappa shape index (κ2) is 4.59. The summed E-state index contributed by atoms with van der Waals surface area (Å²) in [4.78, 5) is 34.4. The average Bonchev–Trinajstić information content (AvgIpc) is 2.08. The van der Waals surface area contributed by atoms with E-state index in [1.165, 1.54) is 41.5 Å². The molecule has 0 aromatic heterocycles. The molecular weight excluding hydrogens is 240 g/mol. The highest BCUT2D eigenvalue weighted by Crippen LogP contribution is 2.36. The Kier molecular flexibility index (Phi) is 4.18. The fourth-order valence-electron chi connectivity index (χ4n) is 1.27. The largest absolute Gasteiger partial charge is 0.478 e. The summed E-state index contributed by atoms with van der Waals surface area (Å²) in [6, 6.07) is 0. The van der Waals surface area contributed by atoms with Gasteiger partial charge in [0.15, 0.2) is 0 Å². The molecule has 0 aromatic rings. The summed E-state index contributed by atoms with van der Waals surface area (Å²) in [6.45, 7) is 8.74. The van der Waals surface area contributed by atoms with Crippen molar-refractivity contribution in [2.75, 3.05) is 0 Å². The first-order valence-corrected chi connectivity index (χ1v) is 5.47. The molecule has 0 rings (SSSR count). The standard InChI is InChI=1S/C12H20O6/c1-10(2,3)9(17)18-12(7(13)14,8(15)16)11(4,5)6/h1-6H3,(H,13,14)(H,15,16). The number of carbonyl (C=O) groups is 3. The molecule has 0 unspecified atom stereocenters. The first-order chi connectivity index (χ1) is 7.76. The minimum Gasteiger partial charge on any atom is -0.478 e. The molecule has 2 N–H and O–H groups in total. The van der Waals surface area contributed by atoms with Crippen molar-refractivity contribution in [3.8, 4) is 0 Å². The highest BCUT2D eigenvalue weighted by atomic mass is 16.6. The van der Waals surface area contributed by atoms with Gasteiger partial charge >= 0.3 is 23.5 Å². The summed E-state index contributed by atoms with van der Waals surface area (Å²) in [7, 11) is 0. The van der Waals surface area contributed by atoms with E-state index < -0.39 is 34.3 Å². The first kappa shape index (κ1) is 16.4. The van der Waals surface area contributed by atoms with Gasteiger partial charge < -0.3 is 14.9 Å². The number of esters is 1. The molecule has 0 bridgehead atoms. The molecule has 0 aromatic carbocycles. The van der Waals surface area contributed by atoms with Gasteiger partial charge in [0.1, 0.15) is 0 Å². The minimum absolute atomic E-state index is 0.873. The molecule has 0 atom stereocenters. The lowest BCUT2D eigenvalue weighted by Crippen LogP contribution is -2.60. The molecule has 0 saturated carbocycles. The van der Waals surface area contributed by atoms with Gasteiger partial charge in [-0.15, -0.1) is 0 Å². The number of carbonyl (C=O) groups excluding carboxylic acids is 1. The van der Waals surface area contributed by atoms with Crippen LogP contribution in [0.5, 0.6) is 0 Å². The van der Waals surface area contributed by atoms with Crippen molar-refractivity contribution >= 4 is 17.9 Å². The third-order valence-corrected chi connectivity index (χ3v) is 2.52. The number of hydrogen-bond donors (Lipinski definition) is 2. The normalized spacial score (nSPS) is 13.0. The Morgan fingerprint density at radius 1 is 0.833 bits per heavy atom. The van der Waals surface area contributed by atoms with Crippen LogP contribution in [0, 0.1) is 10.8 Å². The zero-order valence-electron chi connectivity index (χ0n) is 11.5. The van der Waals surface area contributed by atoms with Crippen LogP contribution in [0.15, 0.2) is 0 Å². The maximum Gasteiger partial charge on any atom is 0.360 e. The minimum atomic E-state index is -2.60. The summed E-state index contributed by atoms with van der Waals surface area (Å²) < 4.78 is 4.85. The number of aliphatic carboxylic acids is 2. The van der Waals surface area contributed by atoms with E-state index in [2.05, 4.69) is 0 Å². The summed E-state index contributed by atoms with van der Waals surface area (Å²) in [5.41, 5.74) is -4.87. The second-order valence-electron chi connectivity index (χ2n) is 6.18. The van der Waals surface area contributed by atoms with Gasteiger partial charge in [0, 0.05) is 5.41 Å². The van der Waals surface area contributed by atoms with Crippen molar-refractivity contribution in [3.05, 3.63) is 0 Å². The zero-order chi connectivity index (χ0) is 14.9. The third kappa shape index (κ3) is 2.80. The Hall–Kier alpha value is -1.59. The fourth-order valence-corrected chi connectivity index (χ4v) is 1.27. The molecule has 0 saturated heterocycles. The van der Waals surface area contributed by atoms with Crippen LogP contribution >= 0.6 is 0 Å². The van der Waals surface area contributed by atoms with Crippen molar-refractivity contribution in [3.63, 3.8) is 0 Å². The predicted octanol–water partition coefficient (Wildman–Crippen LogP) is 1.53. The molecule has 18 heavy (non-hydrogen) atoms. The van der Waals surface area contributed by atoms with Gasteiger partial charge in [0.2, 0.25) is 0 Å². The highest BCUT2D eigenvalue weighted by molar-refractivity contribution is 6.04. The van der Waals surface area contributed by atoms with Crippen molar-refractivity contribution in [2.24, 2.45) is 10.8 Å². The molecule has 6 heteroatoms. The van der Waals surface area contributed by atoms with Crippen molar-refractivity contribution < 1.29 is 29.3 Å². The van der Waals surface area contributed by atoms with Crippen molar-refractivity contribution in [1.82, 2.24) is 0 Å².